The van der Waals surface area contributed by atoms with Crippen molar-refractivity contribution in [1.29, 1.82) is 0 Å². The number of methoxy groups -OCH3 is 1. The van der Waals surface area contributed by atoms with Crippen LogP contribution in [-0.2, 0) is 14.3 Å². The fourth-order valence-corrected chi connectivity index (χ4v) is 4.75. The van der Waals surface area contributed by atoms with Gasteiger partial charge in [0.1, 0.15) is 0 Å². The van der Waals surface area contributed by atoms with E-state index in [1.165, 1.54) is 13.5 Å². The second-order valence-electron chi connectivity index (χ2n) is 9.04. The Morgan fingerprint density at radius 1 is 1.03 bits per heavy atom. The summed E-state index contributed by atoms with van der Waals surface area (Å²) in [7, 11) is 1.30. The van der Waals surface area contributed by atoms with E-state index in [1.54, 1.807) is 18.3 Å². The lowest BCUT2D eigenvalue weighted by Crippen LogP contribution is -2.35. The van der Waals surface area contributed by atoms with Crippen molar-refractivity contribution in [3.8, 4) is 11.1 Å². The number of fused-ring (bicyclic) bond motifs is 4. The maximum atomic E-state index is 13.0. The number of nitrogens with zero attached hydrogens (tertiary/aromatic N) is 1. The van der Waals surface area contributed by atoms with E-state index in [2.05, 4.69) is 25.7 Å². The Morgan fingerprint density at radius 2 is 1.82 bits per heavy atom. The Bertz CT molecular complexity index is 1050. The third-order valence-electron chi connectivity index (χ3n) is 6.61. The molecule has 0 radical (unpaired) electrons. The van der Waals surface area contributed by atoms with Gasteiger partial charge in [-0.05, 0) is 55.5 Å². The molecule has 0 spiro atoms. The third kappa shape index (κ3) is 5.92. The van der Waals surface area contributed by atoms with E-state index in [0.717, 1.165) is 55.3 Å². The van der Waals surface area contributed by atoms with Crippen LogP contribution in [0.2, 0.25) is 0 Å². The number of pyridine rings is 1. The number of benzene rings is 1. The fraction of sp³-hybridized carbons (Fsp3) is 0.462. The number of hydrogen-bond acceptors (Lipinski definition) is 5. The smallest absolute Gasteiger partial charge is 0.411 e. The van der Waals surface area contributed by atoms with Crippen molar-refractivity contribution >= 4 is 29.3 Å². The van der Waals surface area contributed by atoms with Crippen molar-refractivity contribution in [2.75, 3.05) is 17.7 Å². The number of amides is 3. The number of carbonyl (C=O) groups excluding carboxylic acids is 3. The van der Waals surface area contributed by atoms with Crippen LogP contribution in [0.5, 0.6) is 0 Å². The Morgan fingerprint density at radius 3 is 2.62 bits per heavy atom. The summed E-state index contributed by atoms with van der Waals surface area (Å²) in [5.74, 6) is 0.0975. The van der Waals surface area contributed by atoms with Crippen LogP contribution < -0.4 is 16.0 Å². The van der Waals surface area contributed by atoms with Gasteiger partial charge >= 0.3 is 6.09 Å². The van der Waals surface area contributed by atoms with Crippen LogP contribution in [0.1, 0.15) is 69.5 Å². The lowest BCUT2D eigenvalue weighted by molar-refractivity contribution is -0.126. The molecule has 180 valence electrons. The predicted molar refractivity (Wildman–Crippen MR) is 130 cm³/mol. The monoisotopic (exact) mass is 464 g/mol. The number of aromatic nitrogens is 1. The molecule has 2 aliphatic rings. The summed E-state index contributed by atoms with van der Waals surface area (Å²) >= 11 is 0. The molecular weight excluding hydrogens is 432 g/mol. The Kier molecular flexibility index (Phi) is 7.77. The Labute approximate surface area is 199 Å². The standard InChI is InChI=1S/C26H32N4O4/c1-34-26(33)28-19-11-12-20-18-13-14-27-23(15-18)21(30-25(32)17-7-3-2-4-8-17)9-5-6-10-24(31)29-22(20)16-19/h11-17,21H,2-10H2,1H3,(H,28,33)(H,29,31)(H,30,32)/t21-/m0/s1. The van der Waals surface area contributed by atoms with Crippen molar-refractivity contribution in [1.82, 2.24) is 10.3 Å². The van der Waals surface area contributed by atoms with Gasteiger partial charge in [-0.25, -0.2) is 4.79 Å². The van der Waals surface area contributed by atoms with Gasteiger partial charge in [-0.2, -0.15) is 0 Å². The zero-order valence-corrected chi connectivity index (χ0v) is 19.6. The lowest BCUT2D eigenvalue weighted by atomic mass is 9.88. The van der Waals surface area contributed by atoms with E-state index in [-0.39, 0.29) is 23.8 Å². The summed E-state index contributed by atoms with van der Waals surface area (Å²) in [6.07, 6.45) is 9.07. The summed E-state index contributed by atoms with van der Waals surface area (Å²) in [5, 5.41) is 8.88. The van der Waals surface area contributed by atoms with Crippen LogP contribution in [0.3, 0.4) is 0 Å². The highest BCUT2D eigenvalue weighted by atomic mass is 16.5. The van der Waals surface area contributed by atoms with Gasteiger partial charge in [0, 0.05) is 29.8 Å². The van der Waals surface area contributed by atoms with E-state index in [4.69, 9.17) is 0 Å². The van der Waals surface area contributed by atoms with Gasteiger partial charge in [-0.3, -0.25) is 19.9 Å². The molecule has 4 rings (SSSR count). The van der Waals surface area contributed by atoms with E-state index >= 15 is 0 Å². The Hall–Kier alpha value is -3.42. The van der Waals surface area contributed by atoms with Crippen LogP contribution in [0.15, 0.2) is 36.5 Å². The molecule has 1 saturated carbocycles. The van der Waals surface area contributed by atoms with Crippen LogP contribution in [0.25, 0.3) is 11.1 Å². The van der Waals surface area contributed by atoms with Gasteiger partial charge in [0.15, 0.2) is 0 Å². The second-order valence-corrected chi connectivity index (χ2v) is 9.04. The summed E-state index contributed by atoms with van der Waals surface area (Å²) in [6, 6.07) is 9.00. The molecule has 1 aromatic heterocycles. The van der Waals surface area contributed by atoms with Crippen LogP contribution in [0, 0.1) is 5.92 Å². The maximum absolute atomic E-state index is 13.0. The van der Waals surface area contributed by atoms with Gasteiger partial charge in [0.25, 0.3) is 0 Å². The molecular formula is C26H32N4O4. The number of anilines is 2. The molecule has 1 aliphatic carbocycles. The summed E-state index contributed by atoms with van der Waals surface area (Å²) in [6.45, 7) is 0. The average Bonchev–Trinajstić information content (AvgIpc) is 2.86. The summed E-state index contributed by atoms with van der Waals surface area (Å²) in [5.41, 5.74) is 3.62. The van der Waals surface area contributed by atoms with E-state index in [9.17, 15) is 14.4 Å². The molecule has 2 bridgehead atoms. The van der Waals surface area contributed by atoms with Crippen molar-refractivity contribution in [3.63, 3.8) is 0 Å². The number of nitrogens with one attached hydrogen (secondary N) is 3. The lowest BCUT2D eigenvalue weighted by Gasteiger charge is -2.25. The van der Waals surface area contributed by atoms with Crippen LogP contribution in [0.4, 0.5) is 16.2 Å². The van der Waals surface area contributed by atoms with Gasteiger partial charge in [0.05, 0.1) is 24.5 Å². The highest BCUT2D eigenvalue weighted by Gasteiger charge is 2.25. The molecule has 1 atom stereocenters. The molecule has 1 aliphatic heterocycles. The maximum Gasteiger partial charge on any atom is 0.411 e. The van der Waals surface area contributed by atoms with Crippen LogP contribution in [-0.4, -0.2) is 30.0 Å². The van der Waals surface area contributed by atoms with E-state index in [0.29, 0.717) is 24.2 Å². The largest absolute Gasteiger partial charge is 0.453 e. The predicted octanol–water partition coefficient (Wildman–Crippen LogP) is 5.18. The zero-order chi connectivity index (χ0) is 23.9. The van der Waals surface area contributed by atoms with Crippen molar-refractivity contribution in [2.45, 2.75) is 63.8 Å². The third-order valence-corrected chi connectivity index (χ3v) is 6.61. The molecule has 0 unspecified atom stereocenters. The SMILES string of the molecule is COC(=O)Nc1ccc2c(c1)NC(=O)CCCC[C@H](NC(=O)C1CCCCC1)c1cc-2ccn1. The first-order chi connectivity index (χ1) is 16.5. The highest BCUT2D eigenvalue weighted by molar-refractivity contribution is 5.97. The molecule has 0 saturated heterocycles. The molecule has 2 heterocycles. The topological polar surface area (TPSA) is 109 Å². The van der Waals surface area contributed by atoms with Gasteiger partial charge in [-0.1, -0.05) is 31.7 Å². The van der Waals surface area contributed by atoms with Crippen molar-refractivity contribution < 1.29 is 19.1 Å². The van der Waals surface area contributed by atoms with E-state index < -0.39 is 6.09 Å². The number of ether oxygens (including phenoxy) is 1. The minimum atomic E-state index is -0.581. The average molecular weight is 465 g/mol. The first-order valence-corrected chi connectivity index (χ1v) is 12.1. The first-order valence-electron chi connectivity index (χ1n) is 12.1. The Balaban J connectivity index is 1.65. The minimum Gasteiger partial charge on any atom is -0.453 e. The van der Waals surface area contributed by atoms with Crippen molar-refractivity contribution in [3.05, 3.63) is 42.2 Å². The fourth-order valence-electron chi connectivity index (χ4n) is 4.75. The summed E-state index contributed by atoms with van der Waals surface area (Å²) < 4.78 is 4.67. The minimum absolute atomic E-state index is 0.0746. The van der Waals surface area contributed by atoms with E-state index in [1.807, 2.05) is 18.2 Å². The molecule has 34 heavy (non-hydrogen) atoms. The molecule has 1 aromatic carbocycles. The van der Waals surface area contributed by atoms with Crippen LogP contribution >= 0.6 is 0 Å². The number of rotatable bonds is 3. The first kappa shape index (κ1) is 23.7. The molecule has 2 aromatic rings. The van der Waals surface area contributed by atoms with Crippen molar-refractivity contribution in [2.24, 2.45) is 5.92 Å². The summed E-state index contributed by atoms with van der Waals surface area (Å²) in [4.78, 5) is 41.9. The second kappa shape index (κ2) is 11.1. The van der Waals surface area contributed by atoms with Gasteiger partial charge < -0.3 is 15.4 Å². The molecule has 3 N–H and O–H groups in total. The molecule has 8 nitrogen and oxygen atoms in total. The molecule has 1 fully saturated rings. The van der Waals surface area contributed by atoms with Gasteiger partial charge in [-0.15, -0.1) is 0 Å². The highest BCUT2D eigenvalue weighted by Crippen LogP contribution is 2.33. The number of hydrogen-bond donors (Lipinski definition) is 3. The van der Waals surface area contributed by atoms with Gasteiger partial charge in [0.2, 0.25) is 11.8 Å². The normalized spacial score (nSPS) is 19.0. The number of carbonyl (C=O) groups is 3. The quantitative estimate of drug-likeness (QED) is 0.580. The molecule has 8 heteroatoms. The molecule has 3 amide bonds. The zero-order valence-electron chi connectivity index (χ0n) is 19.6.